The van der Waals surface area contributed by atoms with Gasteiger partial charge in [0.15, 0.2) is 0 Å². The van der Waals surface area contributed by atoms with Gasteiger partial charge in [-0.15, -0.1) is 0 Å². The van der Waals surface area contributed by atoms with E-state index in [2.05, 4.69) is 25.2 Å². The molecule has 1 aliphatic heterocycles. The van der Waals surface area contributed by atoms with E-state index >= 15 is 0 Å². The lowest BCUT2D eigenvalue weighted by atomic mass is 10.1. The van der Waals surface area contributed by atoms with Crippen molar-refractivity contribution in [3.8, 4) is 0 Å². The summed E-state index contributed by atoms with van der Waals surface area (Å²) in [7, 11) is 0. The minimum absolute atomic E-state index is 0.180. The van der Waals surface area contributed by atoms with Crippen LogP contribution in [0.4, 0.5) is 5.69 Å². The number of anilines is 1. The third kappa shape index (κ3) is 2.66. The average molecular weight is 246 g/mol. The minimum Gasteiger partial charge on any atom is -0.385 e. The molecular formula is C15H22N2O. The molecule has 0 aromatic heterocycles. The van der Waals surface area contributed by atoms with E-state index in [1.54, 1.807) is 0 Å². The van der Waals surface area contributed by atoms with Crippen LogP contribution in [0.1, 0.15) is 36.2 Å². The largest absolute Gasteiger partial charge is 0.385 e. The van der Waals surface area contributed by atoms with Crippen LogP contribution >= 0.6 is 0 Å². The summed E-state index contributed by atoms with van der Waals surface area (Å²) in [6.45, 7) is 8.97. The van der Waals surface area contributed by atoms with E-state index in [0.29, 0.717) is 5.92 Å². The van der Waals surface area contributed by atoms with Gasteiger partial charge in [0.05, 0.1) is 0 Å². The molecule has 1 N–H and O–H groups in total. The molecule has 1 fully saturated rings. The summed E-state index contributed by atoms with van der Waals surface area (Å²) >= 11 is 0. The highest BCUT2D eigenvalue weighted by Crippen LogP contribution is 2.21. The summed E-state index contributed by atoms with van der Waals surface area (Å²) in [4.78, 5) is 14.4. The Hall–Kier alpha value is -1.51. The van der Waals surface area contributed by atoms with Crippen molar-refractivity contribution in [3.05, 3.63) is 29.3 Å². The molecule has 98 valence electrons. The fourth-order valence-corrected chi connectivity index (χ4v) is 2.51. The van der Waals surface area contributed by atoms with Gasteiger partial charge in [-0.3, -0.25) is 4.79 Å². The van der Waals surface area contributed by atoms with Gasteiger partial charge in [-0.2, -0.15) is 0 Å². The van der Waals surface area contributed by atoms with Gasteiger partial charge in [-0.25, -0.2) is 0 Å². The maximum absolute atomic E-state index is 12.4. The van der Waals surface area contributed by atoms with Gasteiger partial charge in [0.1, 0.15) is 0 Å². The van der Waals surface area contributed by atoms with Gasteiger partial charge in [-0.05, 0) is 49.9 Å². The van der Waals surface area contributed by atoms with Gasteiger partial charge in [0.2, 0.25) is 0 Å². The van der Waals surface area contributed by atoms with Crippen molar-refractivity contribution >= 4 is 11.6 Å². The van der Waals surface area contributed by atoms with Crippen LogP contribution in [0, 0.1) is 12.8 Å². The second-order valence-corrected chi connectivity index (χ2v) is 5.21. The molecule has 3 nitrogen and oxygen atoms in total. The molecule has 0 radical (unpaired) electrons. The lowest BCUT2D eigenvalue weighted by Crippen LogP contribution is -2.29. The van der Waals surface area contributed by atoms with E-state index in [1.807, 2.05) is 24.0 Å². The molecule has 2 rings (SSSR count). The maximum Gasteiger partial charge on any atom is 0.254 e. The number of hydrogen-bond donors (Lipinski definition) is 1. The van der Waals surface area contributed by atoms with Gasteiger partial charge < -0.3 is 10.2 Å². The summed E-state index contributed by atoms with van der Waals surface area (Å²) in [6, 6.07) is 5.98. The second kappa shape index (κ2) is 5.42. The zero-order valence-electron chi connectivity index (χ0n) is 11.5. The molecule has 0 spiro atoms. The quantitative estimate of drug-likeness (QED) is 0.889. The van der Waals surface area contributed by atoms with Gasteiger partial charge in [0, 0.05) is 30.9 Å². The number of aryl methyl sites for hydroxylation is 1. The van der Waals surface area contributed by atoms with E-state index in [1.165, 1.54) is 0 Å². The van der Waals surface area contributed by atoms with E-state index in [0.717, 1.165) is 42.9 Å². The van der Waals surface area contributed by atoms with Crippen LogP contribution in [-0.4, -0.2) is 30.4 Å². The molecule has 0 saturated carbocycles. The first kappa shape index (κ1) is 12.9. The van der Waals surface area contributed by atoms with Crippen LogP contribution < -0.4 is 5.32 Å². The van der Waals surface area contributed by atoms with E-state index in [-0.39, 0.29) is 5.91 Å². The first-order valence-corrected chi connectivity index (χ1v) is 6.75. The number of carbonyl (C=O) groups is 1. The second-order valence-electron chi connectivity index (χ2n) is 5.21. The lowest BCUT2D eigenvalue weighted by Gasteiger charge is -2.18. The summed E-state index contributed by atoms with van der Waals surface area (Å²) in [5.74, 6) is 0.815. The Morgan fingerprint density at radius 1 is 1.50 bits per heavy atom. The molecule has 1 aromatic carbocycles. The number of amides is 1. The SMILES string of the molecule is CCNc1ccc(C(=O)N2CCC(C)C2)c(C)c1. The molecule has 3 heteroatoms. The van der Waals surface area contributed by atoms with Crippen LogP contribution in [0.15, 0.2) is 18.2 Å². The normalized spacial score (nSPS) is 19.1. The first-order valence-electron chi connectivity index (χ1n) is 6.75. The van der Waals surface area contributed by atoms with Crippen LogP contribution in [0.2, 0.25) is 0 Å². The predicted molar refractivity (Wildman–Crippen MR) is 75.0 cm³/mol. The molecule has 18 heavy (non-hydrogen) atoms. The van der Waals surface area contributed by atoms with Gasteiger partial charge in [-0.1, -0.05) is 6.92 Å². The Bertz CT molecular complexity index is 442. The Morgan fingerprint density at radius 2 is 2.28 bits per heavy atom. The number of hydrogen-bond acceptors (Lipinski definition) is 2. The maximum atomic E-state index is 12.4. The highest BCUT2D eigenvalue weighted by molar-refractivity contribution is 5.96. The van der Waals surface area contributed by atoms with Crippen LogP contribution in [0.25, 0.3) is 0 Å². The molecular weight excluding hydrogens is 224 g/mol. The molecule has 1 saturated heterocycles. The number of rotatable bonds is 3. The first-order chi connectivity index (χ1) is 8.61. The average Bonchev–Trinajstić information content (AvgIpc) is 2.76. The van der Waals surface area contributed by atoms with Crippen molar-refractivity contribution in [2.24, 2.45) is 5.92 Å². The summed E-state index contributed by atoms with van der Waals surface area (Å²) in [6.07, 6.45) is 1.13. The highest BCUT2D eigenvalue weighted by Gasteiger charge is 2.24. The smallest absolute Gasteiger partial charge is 0.254 e. The minimum atomic E-state index is 0.180. The molecule has 1 aromatic rings. The fourth-order valence-electron chi connectivity index (χ4n) is 2.51. The summed E-state index contributed by atoms with van der Waals surface area (Å²) in [5.41, 5.74) is 2.98. The molecule has 1 aliphatic rings. The monoisotopic (exact) mass is 246 g/mol. The number of nitrogens with zero attached hydrogens (tertiary/aromatic N) is 1. The molecule has 1 atom stereocenters. The molecule has 1 unspecified atom stereocenters. The number of benzene rings is 1. The number of carbonyl (C=O) groups excluding carboxylic acids is 1. The third-order valence-corrected chi connectivity index (χ3v) is 3.55. The van der Waals surface area contributed by atoms with E-state index < -0.39 is 0 Å². The van der Waals surface area contributed by atoms with Crippen molar-refractivity contribution in [1.29, 1.82) is 0 Å². The molecule has 1 amide bonds. The summed E-state index contributed by atoms with van der Waals surface area (Å²) < 4.78 is 0. The predicted octanol–water partition coefficient (Wildman–Crippen LogP) is 2.91. The Labute approximate surface area is 109 Å². The van der Waals surface area contributed by atoms with Gasteiger partial charge >= 0.3 is 0 Å². The lowest BCUT2D eigenvalue weighted by molar-refractivity contribution is 0.0787. The number of nitrogens with one attached hydrogen (secondary N) is 1. The molecule has 0 bridgehead atoms. The molecule has 0 aliphatic carbocycles. The van der Waals surface area contributed by atoms with E-state index in [9.17, 15) is 4.79 Å². The Balaban J connectivity index is 2.15. The Kier molecular flexibility index (Phi) is 3.90. The van der Waals surface area contributed by atoms with Crippen molar-refractivity contribution in [3.63, 3.8) is 0 Å². The third-order valence-electron chi connectivity index (χ3n) is 3.55. The standard InChI is InChI=1S/C15H22N2O/c1-4-16-13-5-6-14(12(3)9-13)15(18)17-8-7-11(2)10-17/h5-6,9,11,16H,4,7-8,10H2,1-3H3. The van der Waals surface area contributed by atoms with Gasteiger partial charge in [0.25, 0.3) is 5.91 Å². The van der Waals surface area contributed by atoms with Crippen LogP contribution in [0.3, 0.4) is 0 Å². The summed E-state index contributed by atoms with van der Waals surface area (Å²) in [5, 5.41) is 3.27. The van der Waals surface area contributed by atoms with E-state index in [4.69, 9.17) is 0 Å². The fraction of sp³-hybridized carbons (Fsp3) is 0.533. The van der Waals surface area contributed by atoms with Crippen LogP contribution in [0.5, 0.6) is 0 Å². The van der Waals surface area contributed by atoms with Crippen molar-refractivity contribution in [2.45, 2.75) is 27.2 Å². The molecule has 1 heterocycles. The van der Waals surface area contributed by atoms with Crippen molar-refractivity contribution in [1.82, 2.24) is 4.90 Å². The van der Waals surface area contributed by atoms with Crippen molar-refractivity contribution < 1.29 is 4.79 Å². The number of likely N-dealkylation sites (tertiary alicyclic amines) is 1. The Morgan fingerprint density at radius 3 is 2.83 bits per heavy atom. The van der Waals surface area contributed by atoms with Crippen molar-refractivity contribution in [2.75, 3.05) is 25.0 Å². The van der Waals surface area contributed by atoms with Crippen LogP contribution in [-0.2, 0) is 0 Å². The highest BCUT2D eigenvalue weighted by atomic mass is 16.2. The topological polar surface area (TPSA) is 32.3 Å². The zero-order chi connectivity index (χ0) is 13.1. The zero-order valence-corrected chi connectivity index (χ0v) is 11.5.